The minimum absolute atomic E-state index is 0.476. The highest BCUT2D eigenvalue weighted by molar-refractivity contribution is 5.51. The van der Waals surface area contributed by atoms with Crippen LogP contribution in [0.25, 0.3) is 6.08 Å². The van der Waals surface area contributed by atoms with Crippen molar-refractivity contribution in [2.75, 3.05) is 26.3 Å². The Labute approximate surface area is 140 Å². The van der Waals surface area contributed by atoms with E-state index in [0.29, 0.717) is 18.1 Å². The molecule has 0 saturated carbocycles. The molecule has 0 radical (unpaired) electrons. The molecule has 1 aromatic rings. The van der Waals surface area contributed by atoms with Gasteiger partial charge in [-0.3, -0.25) is 4.90 Å². The van der Waals surface area contributed by atoms with Crippen molar-refractivity contribution >= 4 is 6.08 Å². The molecule has 0 amide bonds. The van der Waals surface area contributed by atoms with Gasteiger partial charge in [-0.25, -0.2) is 0 Å². The van der Waals surface area contributed by atoms with E-state index in [1.807, 2.05) is 0 Å². The SMILES string of the molecule is Cc1ccc(/C=C/[C@H]([C@@H]2N[C@H]2CC(C)C)N2CCOCC2)cc1. The number of morpholine rings is 1. The van der Waals surface area contributed by atoms with Crippen molar-refractivity contribution in [1.82, 2.24) is 10.2 Å². The van der Waals surface area contributed by atoms with Crippen LogP contribution in [0.15, 0.2) is 30.3 Å². The fourth-order valence-electron chi connectivity index (χ4n) is 3.48. The highest BCUT2D eigenvalue weighted by atomic mass is 16.5. The molecular weight excluding hydrogens is 284 g/mol. The highest BCUT2D eigenvalue weighted by Crippen LogP contribution is 2.27. The summed E-state index contributed by atoms with van der Waals surface area (Å²) in [6.07, 6.45) is 5.95. The van der Waals surface area contributed by atoms with Gasteiger partial charge in [-0.1, -0.05) is 55.8 Å². The average Bonchev–Trinajstić information content (AvgIpc) is 3.28. The van der Waals surface area contributed by atoms with E-state index in [-0.39, 0.29) is 0 Å². The van der Waals surface area contributed by atoms with Gasteiger partial charge in [0.2, 0.25) is 0 Å². The van der Waals surface area contributed by atoms with Crippen LogP contribution in [0.5, 0.6) is 0 Å². The Balaban J connectivity index is 1.68. The molecule has 2 aliphatic rings. The van der Waals surface area contributed by atoms with Gasteiger partial charge in [0.1, 0.15) is 0 Å². The number of aryl methyl sites for hydroxylation is 1. The van der Waals surface area contributed by atoms with Crippen LogP contribution in [-0.4, -0.2) is 49.3 Å². The van der Waals surface area contributed by atoms with Crippen molar-refractivity contribution in [1.29, 1.82) is 0 Å². The molecule has 1 aromatic carbocycles. The maximum atomic E-state index is 5.53. The highest BCUT2D eigenvalue weighted by Gasteiger charge is 2.43. The molecule has 3 heteroatoms. The van der Waals surface area contributed by atoms with E-state index in [1.165, 1.54) is 17.5 Å². The summed E-state index contributed by atoms with van der Waals surface area (Å²) in [5.74, 6) is 0.754. The molecule has 2 fully saturated rings. The van der Waals surface area contributed by atoms with Crippen LogP contribution in [-0.2, 0) is 4.74 Å². The lowest BCUT2D eigenvalue weighted by atomic mass is 10.0. The van der Waals surface area contributed by atoms with Crippen LogP contribution in [0.1, 0.15) is 31.4 Å². The summed E-state index contributed by atoms with van der Waals surface area (Å²) in [5, 5.41) is 3.71. The van der Waals surface area contributed by atoms with Crippen molar-refractivity contribution in [3.63, 3.8) is 0 Å². The first kappa shape index (κ1) is 16.7. The number of hydrogen-bond donors (Lipinski definition) is 1. The van der Waals surface area contributed by atoms with Gasteiger partial charge in [0, 0.05) is 31.2 Å². The second-order valence-electron chi connectivity index (χ2n) is 7.34. The van der Waals surface area contributed by atoms with Crippen LogP contribution in [0.3, 0.4) is 0 Å². The third-order valence-electron chi connectivity index (χ3n) is 4.85. The molecule has 2 saturated heterocycles. The number of nitrogens with one attached hydrogen (secondary N) is 1. The fourth-order valence-corrected chi connectivity index (χ4v) is 3.48. The largest absolute Gasteiger partial charge is 0.379 e. The fraction of sp³-hybridized carbons (Fsp3) is 0.600. The number of benzene rings is 1. The summed E-state index contributed by atoms with van der Waals surface area (Å²) in [7, 11) is 0. The van der Waals surface area contributed by atoms with E-state index in [2.05, 4.69) is 67.4 Å². The zero-order chi connectivity index (χ0) is 16.2. The van der Waals surface area contributed by atoms with Crippen molar-refractivity contribution in [3.8, 4) is 0 Å². The van der Waals surface area contributed by atoms with Crippen molar-refractivity contribution in [3.05, 3.63) is 41.5 Å². The van der Waals surface area contributed by atoms with Gasteiger partial charge >= 0.3 is 0 Å². The molecule has 0 aliphatic carbocycles. The predicted molar refractivity (Wildman–Crippen MR) is 96.6 cm³/mol. The molecule has 1 N–H and O–H groups in total. The lowest BCUT2D eigenvalue weighted by Gasteiger charge is -2.32. The maximum Gasteiger partial charge on any atom is 0.0594 e. The third-order valence-corrected chi connectivity index (χ3v) is 4.85. The van der Waals surface area contributed by atoms with Gasteiger partial charge in [0.15, 0.2) is 0 Å². The Kier molecular flexibility index (Phi) is 5.52. The summed E-state index contributed by atoms with van der Waals surface area (Å²) < 4.78 is 5.53. The summed E-state index contributed by atoms with van der Waals surface area (Å²) in [6.45, 7) is 10.5. The summed E-state index contributed by atoms with van der Waals surface area (Å²) in [5.41, 5.74) is 2.60. The number of hydrogen-bond acceptors (Lipinski definition) is 3. The first-order valence-electron chi connectivity index (χ1n) is 8.96. The van der Waals surface area contributed by atoms with E-state index < -0.39 is 0 Å². The van der Waals surface area contributed by atoms with Crippen LogP contribution in [0.2, 0.25) is 0 Å². The van der Waals surface area contributed by atoms with E-state index in [9.17, 15) is 0 Å². The molecule has 0 aromatic heterocycles. The second kappa shape index (κ2) is 7.61. The first-order chi connectivity index (χ1) is 11.1. The third kappa shape index (κ3) is 4.66. The number of ether oxygens (including phenoxy) is 1. The number of nitrogens with zero attached hydrogens (tertiary/aromatic N) is 1. The summed E-state index contributed by atoms with van der Waals surface area (Å²) >= 11 is 0. The summed E-state index contributed by atoms with van der Waals surface area (Å²) in [6, 6.07) is 10.5. The van der Waals surface area contributed by atoms with Gasteiger partial charge < -0.3 is 10.1 Å². The van der Waals surface area contributed by atoms with Crippen molar-refractivity contribution < 1.29 is 4.74 Å². The molecule has 3 nitrogen and oxygen atoms in total. The van der Waals surface area contributed by atoms with Gasteiger partial charge in [0.25, 0.3) is 0 Å². The molecule has 3 atom stereocenters. The van der Waals surface area contributed by atoms with E-state index in [0.717, 1.165) is 32.2 Å². The molecule has 126 valence electrons. The van der Waals surface area contributed by atoms with E-state index in [1.54, 1.807) is 0 Å². The van der Waals surface area contributed by atoms with Crippen LogP contribution >= 0.6 is 0 Å². The van der Waals surface area contributed by atoms with Crippen molar-refractivity contribution in [2.24, 2.45) is 5.92 Å². The number of rotatable bonds is 6. The maximum absolute atomic E-state index is 5.53. The molecule has 2 heterocycles. The second-order valence-corrected chi connectivity index (χ2v) is 7.34. The smallest absolute Gasteiger partial charge is 0.0594 e. The minimum atomic E-state index is 0.476. The molecule has 23 heavy (non-hydrogen) atoms. The van der Waals surface area contributed by atoms with Crippen LogP contribution in [0.4, 0.5) is 0 Å². The standard InChI is InChI=1S/C20H30N2O/c1-15(2)14-18-20(21-18)19(22-10-12-23-13-11-22)9-8-17-6-4-16(3)5-7-17/h4-9,15,18-21H,10-14H2,1-3H3/b9-8+/t18-,19+,20+/m0/s1. The monoisotopic (exact) mass is 314 g/mol. The Hall–Kier alpha value is -1.16. The zero-order valence-corrected chi connectivity index (χ0v) is 14.7. The predicted octanol–water partition coefficient (Wildman–Crippen LogP) is 3.10. The Morgan fingerprint density at radius 2 is 1.91 bits per heavy atom. The Bertz CT molecular complexity index is 517. The zero-order valence-electron chi connectivity index (χ0n) is 14.7. The van der Waals surface area contributed by atoms with Gasteiger partial charge in [-0.05, 0) is 24.8 Å². The molecule has 2 aliphatic heterocycles. The molecule has 3 rings (SSSR count). The Morgan fingerprint density at radius 1 is 1.22 bits per heavy atom. The van der Waals surface area contributed by atoms with Crippen molar-refractivity contribution in [2.45, 2.75) is 45.3 Å². The molecule has 0 unspecified atom stereocenters. The Morgan fingerprint density at radius 3 is 2.57 bits per heavy atom. The van der Waals surface area contributed by atoms with Gasteiger partial charge in [-0.15, -0.1) is 0 Å². The molecular formula is C20H30N2O. The molecule has 0 spiro atoms. The lowest BCUT2D eigenvalue weighted by Crippen LogP contribution is -2.46. The molecule has 0 bridgehead atoms. The first-order valence-corrected chi connectivity index (χ1v) is 8.96. The summed E-state index contributed by atoms with van der Waals surface area (Å²) in [4.78, 5) is 2.58. The van der Waals surface area contributed by atoms with Gasteiger partial charge in [-0.2, -0.15) is 0 Å². The average molecular weight is 314 g/mol. The van der Waals surface area contributed by atoms with E-state index in [4.69, 9.17) is 4.74 Å². The lowest BCUT2D eigenvalue weighted by molar-refractivity contribution is 0.0251. The minimum Gasteiger partial charge on any atom is -0.379 e. The quantitative estimate of drug-likeness (QED) is 0.819. The van der Waals surface area contributed by atoms with Crippen LogP contribution in [0, 0.1) is 12.8 Å². The van der Waals surface area contributed by atoms with Gasteiger partial charge in [0.05, 0.1) is 13.2 Å². The van der Waals surface area contributed by atoms with E-state index >= 15 is 0 Å². The normalized spacial score (nSPS) is 26.8. The van der Waals surface area contributed by atoms with Crippen LogP contribution < -0.4 is 5.32 Å². The topological polar surface area (TPSA) is 34.4 Å².